The Morgan fingerprint density at radius 2 is 1.96 bits per heavy atom. The predicted molar refractivity (Wildman–Crippen MR) is 93.6 cm³/mol. The van der Waals surface area contributed by atoms with Crippen LogP contribution in [0.3, 0.4) is 0 Å². The van der Waals surface area contributed by atoms with E-state index in [4.69, 9.17) is 20.8 Å². The van der Waals surface area contributed by atoms with Gasteiger partial charge in [-0.2, -0.15) is 0 Å². The van der Waals surface area contributed by atoms with Crippen molar-refractivity contribution >= 4 is 23.2 Å². The first-order valence-electron chi connectivity index (χ1n) is 7.45. The summed E-state index contributed by atoms with van der Waals surface area (Å²) in [4.78, 5) is 12.2. The average molecular weight is 342 g/mol. The highest BCUT2D eigenvalue weighted by molar-refractivity contribution is 6.31. The molecular formula is C19H16ClNO3. The van der Waals surface area contributed by atoms with Crippen LogP contribution in [0.4, 0.5) is 5.69 Å². The minimum Gasteiger partial charge on any atom is -0.489 e. The Morgan fingerprint density at radius 3 is 2.67 bits per heavy atom. The number of para-hydroxylation sites is 1. The first-order chi connectivity index (χ1) is 11.6. The van der Waals surface area contributed by atoms with Gasteiger partial charge in [0.25, 0.3) is 5.91 Å². The van der Waals surface area contributed by atoms with E-state index in [0.29, 0.717) is 28.6 Å². The number of furan rings is 1. The molecule has 0 aliphatic rings. The number of hydrogen-bond acceptors (Lipinski definition) is 3. The number of aryl methyl sites for hydroxylation is 1. The van der Waals surface area contributed by atoms with E-state index in [2.05, 4.69) is 5.32 Å². The maximum absolute atomic E-state index is 12.2. The topological polar surface area (TPSA) is 51.5 Å². The van der Waals surface area contributed by atoms with Gasteiger partial charge in [0.1, 0.15) is 18.1 Å². The summed E-state index contributed by atoms with van der Waals surface area (Å²) in [6.45, 7) is 2.06. The van der Waals surface area contributed by atoms with Crippen LogP contribution in [0.15, 0.2) is 65.3 Å². The maximum atomic E-state index is 12.2. The number of carbonyl (C=O) groups is 1. The Morgan fingerprint density at radius 1 is 1.17 bits per heavy atom. The summed E-state index contributed by atoms with van der Waals surface area (Å²) < 4.78 is 10.9. The summed E-state index contributed by atoms with van der Waals surface area (Å²) in [5.41, 5.74) is 1.95. The molecule has 1 N–H and O–H groups in total. The van der Waals surface area contributed by atoms with E-state index in [9.17, 15) is 4.79 Å². The standard InChI is InChI=1S/C19H16ClNO3/c1-13-17(9-10-23-13)19(22)21-15-7-8-18(20)14(11-15)12-24-16-5-3-2-4-6-16/h2-11H,12H2,1H3,(H,21,22). The summed E-state index contributed by atoms with van der Waals surface area (Å²) in [7, 11) is 0. The van der Waals surface area contributed by atoms with Crippen LogP contribution < -0.4 is 10.1 Å². The summed E-state index contributed by atoms with van der Waals surface area (Å²) >= 11 is 6.22. The molecule has 5 heteroatoms. The lowest BCUT2D eigenvalue weighted by atomic mass is 10.2. The molecular weight excluding hydrogens is 326 g/mol. The van der Waals surface area contributed by atoms with Gasteiger partial charge in [-0.05, 0) is 43.3 Å². The second-order valence-electron chi connectivity index (χ2n) is 5.25. The van der Waals surface area contributed by atoms with Crippen molar-refractivity contribution in [1.29, 1.82) is 0 Å². The van der Waals surface area contributed by atoms with Gasteiger partial charge in [0.15, 0.2) is 0 Å². The summed E-state index contributed by atoms with van der Waals surface area (Å²) in [6.07, 6.45) is 1.49. The van der Waals surface area contributed by atoms with Crippen molar-refractivity contribution in [3.8, 4) is 5.75 Å². The molecule has 0 saturated carbocycles. The van der Waals surface area contributed by atoms with Crippen LogP contribution in [0, 0.1) is 6.92 Å². The number of nitrogens with one attached hydrogen (secondary N) is 1. The number of ether oxygens (including phenoxy) is 1. The molecule has 24 heavy (non-hydrogen) atoms. The third kappa shape index (κ3) is 3.78. The maximum Gasteiger partial charge on any atom is 0.259 e. The fourth-order valence-corrected chi connectivity index (χ4v) is 2.43. The molecule has 1 heterocycles. The van der Waals surface area contributed by atoms with Gasteiger partial charge in [0.2, 0.25) is 0 Å². The van der Waals surface area contributed by atoms with E-state index < -0.39 is 0 Å². The highest BCUT2D eigenvalue weighted by Crippen LogP contribution is 2.23. The first kappa shape index (κ1) is 16.1. The fourth-order valence-electron chi connectivity index (χ4n) is 2.26. The van der Waals surface area contributed by atoms with Crippen molar-refractivity contribution in [2.24, 2.45) is 0 Å². The molecule has 3 aromatic rings. The van der Waals surface area contributed by atoms with Gasteiger partial charge in [-0.15, -0.1) is 0 Å². The quantitative estimate of drug-likeness (QED) is 0.704. The number of halogens is 1. The predicted octanol–water partition coefficient (Wildman–Crippen LogP) is 5.07. The van der Waals surface area contributed by atoms with Crippen molar-refractivity contribution in [2.45, 2.75) is 13.5 Å². The normalized spacial score (nSPS) is 10.4. The molecule has 0 atom stereocenters. The molecule has 122 valence electrons. The summed E-state index contributed by atoms with van der Waals surface area (Å²) in [5, 5.41) is 3.42. The molecule has 4 nitrogen and oxygen atoms in total. The fraction of sp³-hybridized carbons (Fsp3) is 0.105. The van der Waals surface area contributed by atoms with Gasteiger partial charge >= 0.3 is 0 Å². The Hall–Kier alpha value is -2.72. The molecule has 0 aliphatic heterocycles. The average Bonchev–Trinajstić information content (AvgIpc) is 3.02. The number of amides is 1. The van der Waals surface area contributed by atoms with E-state index in [-0.39, 0.29) is 5.91 Å². The monoisotopic (exact) mass is 341 g/mol. The Balaban J connectivity index is 1.71. The second-order valence-corrected chi connectivity index (χ2v) is 5.66. The van der Waals surface area contributed by atoms with Crippen molar-refractivity contribution < 1.29 is 13.9 Å². The van der Waals surface area contributed by atoms with Gasteiger partial charge in [-0.3, -0.25) is 4.79 Å². The van der Waals surface area contributed by atoms with Crippen LogP contribution in [0.2, 0.25) is 5.02 Å². The molecule has 0 unspecified atom stereocenters. The van der Waals surface area contributed by atoms with Crippen molar-refractivity contribution in [2.75, 3.05) is 5.32 Å². The molecule has 0 spiro atoms. The van der Waals surface area contributed by atoms with E-state index in [1.807, 2.05) is 30.3 Å². The minimum atomic E-state index is -0.224. The zero-order valence-corrected chi connectivity index (χ0v) is 13.8. The molecule has 0 saturated heterocycles. The van der Waals surface area contributed by atoms with E-state index in [0.717, 1.165) is 11.3 Å². The molecule has 0 bridgehead atoms. The molecule has 1 amide bonds. The van der Waals surface area contributed by atoms with Crippen molar-refractivity contribution in [1.82, 2.24) is 0 Å². The van der Waals surface area contributed by atoms with Gasteiger partial charge in [0.05, 0.1) is 11.8 Å². The third-order valence-corrected chi connectivity index (χ3v) is 3.91. The number of hydrogen-bond donors (Lipinski definition) is 1. The lowest BCUT2D eigenvalue weighted by Gasteiger charge is -2.10. The summed E-state index contributed by atoms with van der Waals surface area (Å²) in [5.74, 6) is 1.12. The Bertz CT molecular complexity index is 843. The molecule has 0 radical (unpaired) electrons. The lowest BCUT2D eigenvalue weighted by molar-refractivity contribution is 0.102. The first-order valence-corrected chi connectivity index (χ1v) is 7.83. The summed E-state index contributed by atoms with van der Waals surface area (Å²) in [6, 6.07) is 16.4. The van der Waals surface area contributed by atoms with Crippen LogP contribution in [-0.4, -0.2) is 5.91 Å². The number of benzene rings is 2. The minimum absolute atomic E-state index is 0.224. The zero-order valence-electron chi connectivity index (χ0n) is 13.1. The third-order valence-electron chi connectivity index (χ3n) is 3.54. The molecule has 1 aromatic heterocycles. The lowest BCUT2D eigenvalue weighted by Crippen LogP contribution is -2.12. The molecule has 0 fully saturated rings. The highest BCUT2D eigenvalue weighted by Gasteiger charge is 2.12. The van der Waals surface area contributed by atoms with Crippen molar-refractivity contribution in [3.63, 3.8) is 0 Å². The van der Waals surface area contributed by atoms with Crippen LogP contribution in [-0.2, 0) is 6.61 Å². The zero-order chi connectivity index (χ0) is 16.9. The Kier molecular flexibility index (Phi) is 4.87. The van der Waals surface area contributed by atoms with Crippen LogP contribution in [0.5, 0.6) is 5.75 Å². The number of anilines is 1. The van der Waals surface area contributed by atoms with Crippen LogP contribution >= 0.6 is 11.6 Å². The smallest absolute Gasteiger partial charge is 0.259 e. The SMILES string of the molecule is Cc1occc1C(=O)Nc1ccc(Cl)c(COc2ccccc2)c1. The molecule has 0 aliphatic carbocycles. The van der Waals surface area contributed by atoms with Gasteiger partial charge in [-0.25, -0.2) is 0 Å². The van der Waals surface area contributed by atoms with Crippen molar-refractivity contribution in [3.05, 3.63) is 82.8 Å². The second kappa shape index (κ2) is 7.23. The van der Waals surface area contributed by atoms with Gasteiger partial charge in [-0.1, -0.05) is 29.8 Å². The van der Waals surface area contributed by atoms with Crippen LogP contribution in [0.1, 0.15) is 21.7 Å². The molecule has 2 aromatic carbocycles. The largest absolute Gasteiger partial charge is 0.489 e. The number of carbonyl (C=O) groups excluding carboxylic acids is 1. The van der Waals surface area contributed by atoms with E-state index >= 15 is 0 Å². The van der Waals surface area contributed by atoms with E-state index in [1.165, 1.54) is 6.26 Å². The Labute approximate surface area is 145 Å². The molecule has 3 rings (SSSR count). The van der Waals surface area contributed by atoms with Gasteiger partial charge in [0, 0.05) is 16.3 Å². The van der Waals surface area contributed by atoms with Crippen LogP contribution in [0.25, 0.3) is 0 Å². The van der Waals surface area contributed by atoms with Gasteiger partial charge < -0.3 is 14.5 Å². The van der Waals surface area contributed by atoms with E-state index in [1.54, 1.807) is 31.2 Å². The number of rotatable bonds is 5. The highest BCUT2D eigenvalue weighted by atomic mass is 35.5.